The van der Waals surface area contributed by atoms with Crippen molar-refractivity contribution in [3.63, 3.8) is 0 Å². The average molecular weight is 221 g/mol. The molecule has 2 fully saturated rings. The van der Waals surface area contributed by atoms with Crippen molar-refractivity contribution in [2.75, 3.05) is 32.7 Å². The highest BCUT2D eigenvalue weighted by molar-refractivity contribution is 4.96. The smallest absolute Gasteiger partial charge is 0.0672 e. The van der Waals surface area contributed by atoms with Crippen LogP contribution in [-0.2, 0) is 0 Å². The van der Waals surface area contributed by atoms with Gasteiger partial charge in [-0.1, -0.05) is 19.8 Å². The summed E-state index contributed by atoms with van der Waals surface area (Å²) >= 11 is 0. The van der Waals surface area contributed by atoms with Gasteiger partial charge in [-0.3, -0.25) is 4.90 Å². The second kappa shape index (κ2) is 5.65. The fraction of sp³-hybridized carbons (Fsp3) is 0.923. The Hall–Kier alpha value is -0.590. The second-order valence-electron chi connectivity index (χ2n) is 5.06. The van der Waals surface area contributed by atoms with Crippen LogP contribution in [0.1, 0.15) is 32.6 Å². The lowest BCUT2D eigenvalue weighted by atomic mass is 9.84. The molecular formula is C13H23N3. The molecule has 0 aromatic rings. The van der Waals surface area contributed by atoms with Crippen LogP contribution in [0.3, 0.4) is 0 Å². The number of likely N-dealkylation sites (N-methyl/N-ethyl adjacent to an activating group) is 1. The summed E-state index contributed by atoms with van der Waals surface area (Å²) in [5, 5.41) is 9.20. The van der Waals surface area contributed by atoms with Gasteiger partial charge >= 0.3 is 0 Å². The van der Waals surface area contributed by atoms with Crippen LogP contribution in [0.25, 0.3) is 0 Å². The van der Waals surface area contributed by atoms with Crippen LogP contribution in [0.4, 0.5) is 0 Å². The van der Waals surface area contributed by atoms with Gasteiger partial charge < -0.3 is 4.90 Å². The maximum absolute atomic E-state index is 9.20. The predicted molar refractivity (Wildman–Crippen MR) is 65.0 cm³/mol. The lowest BCUT2D eigenvalue weighted by Crippen LogP contribution is -2.52. The summed E-state index contributed by atoms with van der Waals surface area (Å²) in [6.45, 7) is 8.10. The van der Waals surface area contributed by atoms with Crippen molar-refractivity contribution < 1.29 is 0 Å². The van der Waals surface area contributed by atoms with Gasteiger partial charge in [-0.05, 0) is 19.4 Å². The Labute approximate surface area is 99.0 Å². The third-order valence-corrected chi connectivity index (χ3v) is 4.22. The van der Waals surface area contributed by atoms with Crippen LogP contribution >= 0.6 is 0 Å². The number of nitrogens with zero attached hydrogens (tertiary/aromatic N) is 3. The molecule has 16 heavy (non-hydrogen) atoms. The molecule has 3 heteroatoms. The molecule has 2 atom stereocenters. The lowest BCUT2D eigenvalue weighted by Gasteiger charge is -2.42. The summed E-state index contributed by atoms with van der Waals surface area (Å²) in [5.41, 5.74) is 0. The van der Waals surface area contributed by atoms with Crippen LogP contribution in [0.15, 0.2) is 0 Å². The molecule has 0 N–H and O–H groups in total. The molecule has 0 spiro atoms. The van der Waals surface area contributed by atoms with Crippen LogP contribution in [-0.4, -0.2) is 48.6 Å². The number of piperazine rings is 1. The highest BCUT2D eigenvalue weighted by atomic mass is 15.3. The first-order chi connectivity index (χ1) is 7.85. The van der Waals surface area contributed by atoms with Crippen molar-refractivity contribution in [2.24, 2.45) is 5.92 Å². The van der Waals surface area contributed by atoms with E-state index in [-0.39, 0.29) is 0 Å². The molecule has 2 unspecified atom stereocenters. The molecule has 1 saturated carbocycles. The van der Waals surface area contributed by atoms with Gasteiger partial charge in [-0.2, -0.15) is 5.26 Å². The quantitative estimate of drug-likeness (QED) is 0.711. The van der Waals surface area contributed by atoms with Gasteiger partial charge in [0.1, 0.15) is 0 Å². The van der Waals surface area contributed by atoms with Gasteiger partial charge in [0.25, 0.3) is 0 Å². The van der Waals surface area contributed by atoms with E-state index in [1.165, 1.54) is 38.9 Å². The van der Waals surface area contributed by atoms with E-state index in [9.17, 15) is 5.26 Å². The highest BCUT2D eigenvalue weighted by Crippen LogP contribution is 2.28. The minimum absolute atomic E-state index is 0.293. The average Bonchev–Trinajstić information content (AvgIpc) is 2.39. The zero-order valence-corrected chi connectivity index (χ0v) is 10.4. The maximum Gasteiger partial charge on any atom is 0.0672 e. The van der Waals surface area contributed by atoms with Crippen molar-refractivity contribution in [3.05, 3.63) is 0 Å². The Kier molecular flexibility index (Phi) is 4.20. The molecule has 0 aromatic heterocycles. The van der Waals surface area contributed by atoms with Crippen molar-refractivity contribution in [1.29, 1.82) is 5.26 Å². The topological polar surface area (TPSA) is 30.3 Å². The summed E-state index contributed by atoms with van der Waals surface area (Å²) in [7, 11) is 0. The molecule has 1 aliphatic carbocycles. The Bertz CT molecular complexity index is 250. The molecular weight excluding hydrogens is 198 g/mol. The predicted octanol–water partition coefficient (Wildman–Crippen LogP) is 1.71. The first-order valence-corrected chi connectivity index (χ1v) is 6.71. The fourth-order valence-electron chi connectivity index (χ4n) is 3.11. The largest absolute Gasteiger partial charge is 0.301 e. The summed E-state index contributed by atoms with van der Waals surface area (Å²) < 4.78 is 0. The Morgan fingerprint density at radius 2 is 1.81 bits per heavy atom. The number of hydrogen-bond acceptors (Lipinski definition) is 3. The molecule has 0 radical (unpaired) electrons. The monoisotopic (exact) mass is 221 g/mol. The van der Waals surface area contributed by atoms with Crippen LogP contribution in [0.2, 0.25) is 0 Å². The zero-order chi connectivity index (χ0) is 11.4. The van der Waals surface area contributed by atoms with Gasteiger partial charge in [0.2, 0.25) is 0 Å². The van der Waals surface area contributed by atoms with E-state index in [0.717, 1.165) is 19.5 Å². The summed E-state index contributed by atoms with van der Waals surface area (Å²) in [5.74, 6) is 0.293. The second-order valence-corrected chi connectivity index (χ2v) is 5.06. The SMILES string of the molecule is CCN1CCN(C2CCCCC2C#N)CC1. The van der Waals surface area contributed by atoms with Crippen molar-refractivity contribution >= 4 is 0 Å². The third kappa shape index (κ3) is 2.56. The van der Waals surface area contributed by atoms with E-state index in [0.29, 0.717) is 12.0 Å². The minimum Gasteiger partial charge on any atom is -0.301 e. The van der Waals surface area contributed by atoms with E-state index in [4.69, 9.17) is 0 Å². The fourth-order valence-corrected chi connectivity index (χ4v) is 3.11. The highest BCUT2D eigenvalue weighted by Gasteiger charge is 2.31. The number of hydrogen-bond donors (Lipinski definition) is 0. The molecule has 3 nitrogen and oxygen atoms in total. The van der Waals surface area contributed by atoms with E-state index >= 15 is 0 Å². The standard InChI is InChI=1S/C13H23N3/c1-2-15-7-9-16(10-8-15)13-6-4-3-5-12(13)11-14/h12-13H,2-10H2,1H3. The van der Waals surface area contributed by atoms with Gasteiger partial charge in [0.05, 0.1) is 12.0 Å². The normalized spacial score (nSPS) is 33.5. The third-order valence-electron chi connectivity index (χ3n) is 4.22. The van der Waals surface area contributed by atoms with E-state index in [2.05, 4.69) is 22.8 Å². The molecule has 0 amide bonds. The summed E-state index contributed by atoms with van der Waals surface area (Å²) in [6.07, 6.45) is 4.93. The molecule has 1 aliphatic heterocycles. The molecule has 90 valence electrons. The van der Waals surface area contributed by atoms with Crippen molar-refractivity contribution in [3.8, 4) is 6.07 Å². The lowest BCUT2D eigenvalue weighted by molar-refractivity contribution is 0.0654. The van der Waals surface area contributed by atoms with Crippen LogP contribution in [0.5, 0.6) is 0 Å². The molecule has 0 aromatic carbocycles. The first kappa shape index (κ1) is 11.9. The molecule has 0 bridgehead atoms. The Morgan fingerprint density at radius 3 is 2.44 bits per heavy atom. The van der Waals surface area contributed by atoms with E-state index < -0.39 is 0 Å². The van der Waals surface area contributed by atoms with Gasteiger partial charge in [0, 0.05) is 32.2 Å². The summed E-state index contributed by atoms with van der Waals surface area (Å²) in [4.78, 5) is 5.07. The van der Waals surface area contributed by atoms with Crippen molar-refractivity contribution in [2.45, 2.75) is 38.6 Å². The number of rotatable bonds is 2. The van der Waals surface area contributed by atoms with Gasteiger partial charge in [-0.15, -0.1) is 0 Å². The Balaban J connectivity index is 1.89. The van der Waals surface area contributed by atoms with Crippen LogP contribution < -0.4 is 0 Å². The van der Waals surface area contributed by atoms with Crippen molar-refractivity contribution in [1.82, 2.24) is 9.80 Å². The molecule has 1 heterocycles. The molecule has 1 saturated heterocycles. The minimum atomic E-state index is 0.293. The van der Waals surface area contributed by atoms with Crippen LogP contribution in [0, 0.1) is 17.2 Å². The van der Waals surface area contributed by atoms with Gasteiger partial charge in [-0.25, -0.2) is 0 Å². The van der Waals surface area contributed by atoms with E-state index in [1.54, 1.807) is 0 Å². The van der Waals surface area contributed by atoms with Gasteiger partial charge in [0.15, 0.2) is 0 Å². The first-order valence-electron chi connectivity index (χ1n) is 6.71. The molecule has 2 rings (SSSR count). The summed E-state index contributed by atoms with van der Waals surface area (Å²) in [6, 6.07) is 3.07. The maximum atomic E-state index is 9.20. The zero-order valence-electron chi connectivity index (χ0n) is 10.4. The molecule has 2 aliphatic rings. The van der Waals surface area contributed by atoms with E-state index in [1.807, 2.05) is 0 Å². The number of nitriles is 1. The Morgan fingerprint density at radius 1 is 1.12 bits per heavy atom.